The molecule has 0 aliphatic rings. The van der Waals surface area contributed by atoms with Gasteiger partial charge in [0.05, 0.1) is 0 Å². The van der Waals surface area contributed by atoms with Crippen molar-refractivity contribution in [2.45, 2.75) is 20.3 Å². The van der Waals surface area contributed by atoms with Crippen molar-refractivity contribution in [3.63, 3.8) is 0 Å². The number of carbonyl (C=O) groups is 2. The second kappa shape index (κ2) is 10.2. The van der Waals surface area contributed by atoms with Crippen LogP contribution in [0, 0.1) is 0 Å². The largest absolute Gasteiger partial charge is 0.339 e. The molecule has 0 aromatic heterocycles. The van der Waals surface area contributed by atoms with E-state index in [1.54, 1.807) is 36.2 Å². The van der Waals surface area contributed by atoms with Gasteiger partial charge >= 0.3 is 0 Å². The lowest BCUT2D eigenvalue weighted by atomic mass is 10.1. The normalized spacial score (nSPS) is 9.67. The van der Waals surface area contributed by atoms with E-state index in [0.717, 1.165) is 0 Å². The van der Waals surface area contributed by atoms with Crippen molar-refractivity contribution in [1.29, 1.82) is 0 Å². The summed E-state index contributed by atoms with van der Waals surface area (Å²) >= 11 is 0. The SMILES string of the molecule is CCN(CC)C(=O)c1cccc(NC(=O)CCNC)c1.Cl. The highest BCUT2D eigenvalue weighted by molar-refractivity contribution is 5.97. The predicted octanol–water partition coefficient (Wildman–Crippen LogP) is 2.14. The topological polar surface area (TPSA) is 61.4 Å². The van der Waals surface area contributed by atoms with Crippen molar-refractivity contribution in [3.8, 4) is 0 Å². The summed E-state index contributed by atoms with van der Waals surface area (Å²) in [5.74, 6) is -0.0758. The molecule has 1 aromatic carbocycles. The summed E-state index contributed by atoms with van der Waals surface area (Å²) in [4.78, 5) is 25.6. The molecule has 0 aliphatic heterocycles. The molecule has 6 heteroatoms. The smallest absolute Gasteiger partial charge is 0.253 e. The van der Waals surface area contributed by atoms with Crippen LogP contribution in [0.1, 0.15) is 30.6 Å². The average Bonchev–Trinajstić information content (AvgIpc) is 2.46. The molecule has 1 aromatic rings. The highest BCUT2D eigenvalue weighted by Crippen LogP contribution is 2.13. The van der Waals surface area contributed by atoms with Crippen molar-refractivity contribution in [3.05, 3.63) is 29.8 Å². The zero-order chi connectivity index (χ0) is 15.0. The van der Waals surface area contributed by atoms with Gasteiger partial charge in [-0.05, 0) is 39.1 Å². The molecule has 5 nitrogen and oxygen atoms in total. The number of hydrogen-bond donors (Lipinski definition) is 2. The van der Waals surface area contributed by atoms with E-state index < -0.39 is 0 Å². The molecule has 118 valence electrons. The monoisotopic (exact) mass is 313 g/mol. The number of halogens is 1. The number of rotatable bonds is 7. The van der Waals surface area contributed by atoms with Crippen LogP contribution in [0.4, 0.5) is 5.69 Å². The third-order valence-electron chi connectivity index (χ3n) is 3.05. The zero-order valence-corrected chi connectivity index (χ0v) is 13.6. The molecule has 0 aliphatic carbocycles. The first kappa shape index (κ1) is 19.4. The van der Waals surface area contributed by atoms with E-state index >= 15 is 0 Å². The molecule has 0 bridgehead atoms. The molecule has 0 unspecified atom stereocenters. The number of carbonyl (C=O) groups excluding carboxylic acids is 2. The van der Waals surface area contributed by atoms with Gasteiger partial charge in [-0.2, -0.15) is 0 Å². The van der Waals surface area contributed by atoms with E-state index in [-0.39, 0.29) is 24.2 Å². The Morgan fingerprint density at radius 3 is 2.43 bits per heavy atom. The Labute approximate surface area is 132 Å². The van der Waals surface area contributed by atoms with E-state index in [2.05, 4.69) is 10.6 Å². The first-order valence-electron chi connectivity index (χ1n) is 6.96. The number of nitrogens with zero attached hydrogens (tertiary/aromatic N) is 1. The average molecular weight is 314 g/mol. The zero-order valence-electron chi connectivity index (χ0n) is 12.8. The lowest BCUT2D eigenvalue weighted by Gasteiger charge is -2.19. The first-order chi connectivity index (χ1) is 9.62. The minimum atomic E-state index is -0.0632. The molecule has 1 rings (SSSR count). The van der Waals surface area contributed by atoms with Gasteiger partial charge in [-0.1, -0.05) is 6.07 Å². The summed E-state index contributed by atoms with van der Waals surface area (Å²) in [6, 6.07) is 7.06. The highest BCUT2D eigenvalue weighted by atomic mass is 35.5. The Morgan fingerprint density at radius 1 is 1.19 bits per heavy atom. The maximum absolute atomic E-state index is 12.2. The van der Waals surface area contributed by atoms with Gasteiger partial charge in [-0.15, -0.1) is 12.4 Å². The van der Waals surface area contributed by atoms with E-state index in [1.807, 2.05) is 13.8 Å². The van der Waals surface area contributed by atoms with Crippen molar-refractivity contribution >= 4 is 29.9 Å². The molecule has 2 amide bonds. The Bertz CT molecular complexity index is 462. The van der Waals surface area contributed by atoms with Gasteiger partial charge in [0.15, 0.2) is 0 Å². The second-order valence-corrected chi connectivity index (χ2v) is 4.46. The molecule has 21 heavy (non-hydrogen) atoms. The number of benzene rings is 1. The molecule has 0 heterocycles. The molecule has 0 atom stereocenters. The van der Waals surface area contributed by atoms with Gasteiger partial charge in [-0.3, -0.25) is 9.59 Å². The van der Waals surface area contributed by atoms with Crippen molar-refractivity contribution in [2.24, 2.45) is 0 Å². The van der Waals surface area contributed by atoms with Crippen molar-refractivity contribution in [1.82, 2.24) is 10.2 Å². The quantitative estimate of drug-likeness (QED) is 0.810. The third-order valence-corrected chi connectivity index (χ3v) is 3.05. The number of amides is 2. The molecule has 0 saturated heterocycles. The summed E-state index contributed by atoms with van der Waals surface area (Å²) in [7, 11) is 1.80. The molecular weight excluding hydrogens is 290 g/mol. The predicted molar refractivity (Wildman–Crippen MR) is 88.1 cm³/mol. The van der Waals surface area contributed by atoms with Gasteiger partial charge in [0.2, 0.25) is 5.91 Å². The van der Waals surface area contributed by atoms with Gasteiger partial charge in [0, 0.05) is 37.3 Å². The summed E-state index contributed by atoms with van der Waals surface area (Å²) in [5, 5.41) is 5.72. The Hall–Kier alpha value is -1.59. The lowest BCUT2D eigenvalue weighted by molar-refractivity contribution is -0.116. The van der Waals surface area contributed by atoms with Crippen LogP contribution in [0.25, 0.3) is 0 Å². The first-order valence-corrected chi connectivity index (χ1v) is 6.96. The molecular formula is C15H24ClN3O2. The van der Waals surface area contributed by atoms with Gasteiger partial charge in [0.1, 0.15) is 0 Å². The van der Waals surface area contributed by atoms with Crippen LogP contribution in [0.5, 0.6) is 0 Å². The second-order valence-electron chi connectivity index (χ2n) is 4.46. The number of hydrogen-bond acceptors (Lipinski definition) is 3. The van der Waals surface area contributed by atoms with Crippen molar-refractivity contribution < 1.29 is 9.59 Å². The molecule has 2 N–H and O–H groups in total. The fourth-order valence-electron chi connectivity index (χ4n) is 1.89. The maximum atomic E-state index is 12.2. The number of nitrogens with one attached hydrogen (secondary N) is 2. The van der Waals surface area contributed by atoms with Crippen LogP contribution in [-0.4, -0.2) is 43.4 Å². The van der Waals surface area contributed by atoms with Crippen LogP contribution < -0.4 is 10.6 Å². The van der Waals surface area contributed by atoms with E-state index in [1.165, 1.54) is 0 Å². The van der Waals surface area contributed by atoms with Crippen molar-refractivity contribution in [2.75, 3.05) is 32.0 Å². The Morgan fingerprint density at radius 2 is 1.86 bits per heavy atom. The van der Waals surface area contributed by atoms with Gasteiger partial charge in [0.25, 0.3) is 5.91 Å². The summed E-state index contributed by atoms with van der Waals surface area (Å²) in [5.41, 5.74) is 1.25. The van der Waals surface area contributed by atoms with Crippen LogP contribution in [-0.2, 0) is 4.79 Å². The van der Waals surface area contributed by atoms with Gasteiger partial charge in [-0.25, -0.2) is 0 Å². The van der Waals surface area contributed by atoms with E-state index in [4.69, 9.17) is 0 Å². The third kappa shape index (κ3) is 6.14. The standard InChI is InChI=1S/C15H23N3O2.ClH/c1-4-18(5-2)15(20)12-7-6-8-13(11-12)17-14(19)9-10-16-3;/h6-8,11,16H,4-5,9-10H2,1-3H3,(H,17,19);1H. The molecule has 0 fully saturated rings. The molecule has 0 saturated carbocycles. The van der Waals surface area contributed by atoms with Gasteiger partial charge < -0.3 is 15.5 Å². The van der Waals surface area contributed by atoms with Crippen LogP contribution >= 0.6 is 12.4 Å². The lowest BCUT2D eigenvalue weighted by Crippen LogP contribution is -2.30. The minimum Gasteiger partial charge on any atom is -0.339 e. The molecule has 0 radical (unpaired) electrons. The Balaban J connectivity index is 0.00000400. The fraction of sp³-hybridized carbons (Fsp3) is 0.467. The highest BCUT2D eigenvalue weighted by Gasteiger charge is 2.13. The van der Waals surface area contributed by atoms with E-state index in [9.17, 15) is 9.59 Å². The summed E-state index contributed by atoms with van der Waals surface area (Å²) in [6.07, 6.45) is 0.407. The van der Waals surface area contributed by atoms with Crippen LogP contribution in [0.3, 0.4) is 0 Å². The summed E-state index contributed by atoms with van der Waals surface area (Å²) < 4.78 is 0. The molecule has 0 spiro atoms. The number of anilines is 1. The van der Waals surface area contributed by atoms with E-state index in [0.29, 0.717) is 37.3 Å². The van der Waals surface area contributed by atoms with Crippen LogP contribution in [0.2, 0.25) is 0 Å². The summed E-state index contributed by atoms with van der Waals surface area (Å²) in [6.45, 7) is 5.88. The Kier molecular flexibility index (Phi) is 9.41. The minimum absolute atomic E-state index is 0. The van der Waals surface area contributed by atoms with Crippen LogP contribution in [0.15, 0.2) is 24.3 Å². The maximum Gasteiger partial charge on any atom is 0.253 e. The fourth-order valence-corrected chi connectivity index (χ4v) is 1.89.